The predicted octanol–water partition coefficient (Wildman–Crippen LogP) is 1.93. The van der Waals surface area contributed by atoms with Crippen molar-refractivity contribution in [3.63, 3.8) is 0 Å². The van der Waals surface area contributed by atoms with Gasteiger partial charge in [0.25, 0.3) is 5.91 Å². The molecule has 0 saturated carbocycles. The Morgan fingerprint density at radius 1 is 1.50 bits per heavy atom. The maximum atomic E-state index is 11.5. The Hall–Kier alpha value is -0.220. The molecule has 0 spiro atoms. The molecule has 0 aliphatic carbocycles. The van der Waals surface area contributed by atoms with Crippen molar-refractivity contribution < 1.29 is 9.90 Å². The van der Waals surface area contributed by atoms with Crippen LogP contribution >= 0.6 is 11.6 Å². The second-order valence-electron chi connectivity index (χ2n) is 3.27. The fourth-order valence-corrected chi connectivity index (χ4v) is 1.34. The molecule has 3 nitrogen and oxygen atoms in total. The minimum absolute atomic E-state index is 0. The van der Waals surface area contributed by atoms with Gasteiger partial charge in [0.2, 0.25) is 0 Å². The van der Waals surface area contributed by atoms with Crippen LogP contribution in [-0.2, 0) is 0 Å². The molecule has 84 valence electrons. The van der Waals surface area contributed by atoms with Crippen LogP contribution in [0.5, 0.6) is 5.75 Å². The molecular weight excluding hydrogens is 237 g/mol. The Kier molecular flexibility index (Phi) is 7.85. The molecule has 0 heterocycles. The Morgan fingerprint density at radius 2 is 2.19 bits per heavy atom. The third kappa shape index (κ3) is 4.74. The van der Waals surface area contributed by atoms with E-state index >= 15 is 0 Å². The summed E-state index contributed by atoms with van der Waals surface area (Å²) >= 11 is 5.66. The molecule has 16 heavy (non-hydrogen) atoms. The van der Waals surface area contributed by atoms with Crippen molar-refractivity contribution in [1.29, 1.82) is 0 Å². The van der Waals surface area contributed by atoms with Gasteiger partial charge in [0.15, 0.2) is 0 Å². The number of carbonyl (C=O) groups is 1. The fourth-order valence-electron chi connectivity index (χ4n) is 1.17. The van der Waals surface area contributed by atoms with Crippen LogP contribution < -0.4 is 5.32 Å². The number of unbranched alkanes of at least 4 members (excludes halogenated alkanes) is 1. The summed E-state index contributed by atoms with van der Waals surface area (Å²) in [6.45, 7) is 2.67. The molecular formula is C11H15ClNNaO2. The zero-order valence-corrected chi connectivity index (χ0v) is 9.34. The van der Waals surface area contributed by atoms with E-state index in [1.54, 1.807) is 6.07 Å². The summed E-state index contributed by atoms with van der Waals surface area (Å²) in [6, 6.07) is 4.45. The van der Waals surface area contributed by atoms with E-state index in [0.29, 0.717) is 11.6 Å². The summed E-state index contributed by atoms with van der Waals surface area (Å²) in [5, 5.41) is 12.6. The number of carbonyl (C=O) groups excluding carboxylic acids is 1. The van der Waals surface area contributed by atoms with Gasteiger partial charge in [0.1, 0.15) is 5.75 Å². The number of phenols is 1. The fraction of sp³-hybridized carbons (Fsp3) is 0.364. The monoisotopic (exact) mass is 251 g/mol. The van der Waals surface area contributed by atoms with E-state index in [1.165, 1.54) is 12.1 Å². The topological polar surface area (TPSA) is 49.3 Å². The number of phenolic OH excluding ortho intramolecular Hbond substituents is 1. The summed E-state index contributed by atoms with van der Waals surface area (Å²) in [5.74, 6) is -0.353. The number of aromatic hydroxyl groups is 1. The van der Waals surface area contributed by atoms with Gasteiger partial charge in [0.05, 0.1) is 5.56 Å². The SMILES string of the molecule is CCCCNC(=O)c1ccc(Cl)cc1O.[NaH]. The Labute approximate surface area is 122 Å². The van der Waals surface area contributed by atoms with Crippen LogP contribution in [0.3, 0.4) is 0 Å². The van der Waals surface area contributed by atoms with E-state index < -0.39 is 0 Å². The van der Waals surface area contributed by atoms with Gasteiger partial charge in [-0.05, 0) is 24.6 Å². The van der Waals surface area contributed by atoms with Crippen LogP contribution in [0.4, 0.5) is 0 Å². The molecule has 0 radical (unpaired) electrons. The third-order valence-electron chi connectivity index (χ3n) is 2.02. The van der Waals surface area contributed by atoms with Gasteiger partial charge in [-0.1, -0.05) is 24.9 Å². The van der Waals surface area contributed by atoms with E-state index in [0.717, 1.165) is 12.8 Å². The van der Waals surface area contributed by atoms with Gasteiger partial charge in [-0.25, -0.2) is 0 Å². The number of amides is 1. The van der Waals surface area contributed by atoms with Crippen LogP contribution in [0.2, 0.25) is 5.02 Å². The van der Waals surface area contributed by atoms with Crippen molar-refractivity contribution in [1.82, 2.24) is 5.32 Å². The summed E-state index contributed by atoms with van der Waals surface area (Å²) in [6.07, 6.45) is 1.95. The quantitative estimate of drug-likeness (QED) is 0.635. The van der Waals surface area contributed by atoms with E-state index in [9.17, 15) is 9.90 Å². The Morgan fingerprint density at radius 3 is 2.75 bits per heavy atom. The molecule has 0 aliphatic heterocycles. The summed E-state index contributed by atoms with van der Waals surface area (Å²) in [5.41, 5.74) is 0.260. The summed E-state index contributed by atoms with van der Waals surface area (Å²) in [7, 11) is 0. The van der Waals surface area contributed by atoms with Gasteiger partial charge in [0, 0.05) is 11.6 Å². The average molecular weight is 252 g/mol. The van der Waals surface area contributed by atoms with Crippen molar-refractivity contribution in [3.8, 4) is 5.75 Å². The van der Waals surface area contributed by atoms with Gasteiger partial charge < -0.3 is 10.4 Å². The molecule has 2 N–H and O–H groups in total. The van der Waals surface area contributed by atoms with Crippen LogP contribution in [-0.4, -0.2) is 47.1 Å². The maximum absolute atomic E-state index is 11.5. The van der Waals surface area contributed by atoms with Gasteiger partial charge in [-0.2, -0.15) is 0 Å². The zero-order chi connectivity index (χ0) is 11.3. The molecule has 1 aromatic rings. The van der Waals surface area contributed by atoms with Gasteiger partial charge >= 0.3 is 29.6 Å². The minimum atomic E-state index is -0.266. The van der Waals surface area contributed by atoms with Crippen LogP contribution in [0.1, 0.15) is 30.1 Å². The molecule has 0 bridgehead atoms. The van der Waals surface area contributed by atoms with E-state index in [4.69, 9.17) is 11.6 Å². The van der Waals surface area contributed by atoms with Crippen molar-refractivity contribution in [2.24, 2.45) is 0 Å². The standard InChI is InChI=1S/C11H14ClNO2.Na.H/c1-2-3-6-13-11(15)9-5-4-8(12)7-10(9)14;;/h4-5,7,14H,2-3,6H2,1H3,(H,13,15);;. The summed E-state index contributed by atoms with van der Waals surface area (Å²) in [4.78, 5) is 11.5. The van der Waals surface area contributed by atoms with Crippen molar-refractivity contribution in [2.75, 3.05) is 6.54 Å². The molecule has 0 saturated heterocycles. The summed E-state index contributed by atoms with van der Waals surface area (Å²) < 4.78 is 0. The molecule has 0 aromatic heterocycles. The molecule has 1 aromatic carbocycles. The first-order valence-corrected chi connectivity index (χ1v) is 5.29. The number of hydrogen-bond donors (Lipinski definition) is 2. The number of halogens is 1. The van der Waals surface area contributed by atoms with Crippen LogP contribution in [0.15, 0.2) is 18.2 Å². The van der Waals surface area contributed by atoms with Crippen LogP contribution in [0, 0.1) is 0 Å². The number of nitrogens with one attached hydrogen (secondary N) is 1. The third-order valence-corrected chi connectivity index (χ3v) is 2.26. The molecule has 1 amide bonds. The molecule has 0 unspecified atom stereocenters. The average Bonchev–Trinajstić information content (AvgIpc) is 2.17. The first kappa shape index (κ1) is 15.8. The molecule has 0 atom stereocenters. The van der Waals surface area contributed by atoms with Gasteiger partial charge in [-0.3, -0.25) is 4.79 Å². The number of hydrogen-bond acceptors (Lipinski definition) is 2. The van der Waals surface area contributed by atoms with Gasteiger partial charge in [-0.15, -0.1) is 0 Å². The molecule has 0 aliphatic rings. The van der Waals surface area contributed by atoms with E-state index in [1.807, 2.05) is 6.92 Å². The number of benzene rings is 1. The van der Waals surface area contributed by atoms with Crippen LogP contribution in [0.25, 0.3) is 0 Å². The normalized spacial score (nSPS) is 9.38. The molecule has 1 rings (SSSR count). The Balaban J connectivity index is 0.00000225. The first-order valence-electron chi connectivity index (χ1n) is 4.92. The van der Waals surface area contributed by atoms with Crippen molar-refractivity contribution in [2.45, 2.75) is 19.8 Å². The predicted molar refractivity (Wildman–Crippen MR) is 67.5 cm³/mol. The first-order chi connectivity index (χ1) is 7.15. The molecule has 0 fully saturated rings. The second-order valence-corrected chi connectivity index (χ2v) is 3.71. The van der Waals surface area contributed by atoms with E-state index in [-0.39, 0.29) is 46.8 Å². The zero-order valence-electron chi connectivity index (χ0n) is 8.59. The molecule has 5 heteroatoms. The second kappa shape index (κ2) is 7.96. The van der Waals surface area contributed by atoms with Crippen molar-refractivity contribution in [3.05, 3.63) is 28.8 Å². The van der Waals surface area contributed by atoms with Crippen molar-refractivity contribution >= 4 is 47.1 Å². The Bertz CT molecular complexity index is 358. The number of rotatable bonds is 4. The van der Waals surface area contributed by atoms with E-state index in [2.05, 4.69) is 5.32 Å².